The number of esters is 1. The number of carbonyl (C=O) groups excluding carboxylic acids is 1. The SMILES string of the molecule is COC(=O)C(C)(C)CCC(C)CO[Si](C)(C)C(C)(C)C. The van der Waals surface area contributed by atoms with E-state index >= 15 is 0 Å². The number of hydrogen-bond acceptors (Lipinski definition) is 3. The zero-order chi connectivity index (χ0) is 16.2. The maximum Gasteiger partial charge on any atom is 0.311 e. The first-order chi connectivity index (χ1) is 8.83. The topological polar surface area (TPSA) is 35.5 Å². The molecular formula is C16H34O3Si. The Morgan fingerprint density at radius 3 is 2.05 bits per heavy atom. The van der Waals surface area contributed by atoms with Gasteiger partial charge in [0.15, 0.2) is 8.32 Å². The molecule has 20 heavy (non-hydrogen) atoms. The fourth-order valence-corrected chi connectivity index (χ4v) is 2.77. The standard InChI is InChI=1S/C16H34O3Si/c1-13(10-11-16(5,6)14(17)18-7)12-19-20(8,9)15(2,3)4/h13H,10-12H2,1-9H3. The minimum absolute atomic E-state index is 0.130. The van der Waals surface area contributed by atoms with E-state index in [2.05, 4.69) is 40.8 Å². The largest absolute Gasteiger partial charge is 0.469 e. The van der Waals surface area contributed by atoms with Gasteiger partial charge in [0.05, 0.1) is 12.5 Å². The molecule has 0 saturated heterocycles. The average molecular weight is 303 g/mol. The summed E-state index contributed by atoms with van der Waals surface area (Å²) in [5, 5.41) is 0.248. The van der Waals surface area contributed by atoms with Crippen molar-refractivity contribution >= 4 is 14.3 Å². The molecule has 120 valence electrons. The fraction of sp³-hybridized carbons (Fsp3) is 0.938. The minimum atomic E-state index is -1.66. The van der Waals surface area contributed by atoms with Gasteiger partial charge in [0.2, 0.25) is 0 Å². The van der Waals surface area contributed by atoms with E-state index < -0.39 is 13.7 Å². The predicted molar refractivity (Wildman–Crippen MR) is 87.3 cm³/mol. The van der Waals surface area contributed by atoms with Crippen molar-refractivity contribution in [1.82, 2.24) is 0 Å². The molecule has 0 aromatic heterocycles. The molecule has 0 aromatic rings. The van der Waals surface area contributed by atoms with Crippen molar-refractivity contribution in [2.75, 3.05) is 13.7 Å². The average Bonchev–Trinajstić information content (AvgIpc) is 2.31. The molecular weight excluding hydrogens is 268 g/mol. The van der Waals surface area contributed by atoms with Crippen molar-refractivity contribution in [2.24, 2.45) is 11.3 Å². The predicted octanol–water partition coefficient (Wildman–Crippen LogP) is 4.62. The first kappa shape index (κ1) is 19.6. The second-order valence-corrected chi connectivity index (χ2v) is 12.9. The van der Waals surface area contributed by atoms with Crippen LogP contribution in [0.15, 0.2) is 0 Å². The van der Waals surface area contributed by atoms with Gasteiger partial charge in [-0.15, -0.1) is 0 Å². The molecule has 0 amide bonds. The van der Waals surface area contributed by atoms with Gasteiger partial charge in [-0.3, -0.25) is 4.79 Å². The quantitative estimate of drug-likeness (QED) is 0.508. The van der Waals surface area contributed by atoms with Crippen LogP contribution in [0.3, 0.4) is 0 Å². The molecule has 0 saturated carbocycles. The summed E-state index contributed by atoms with van der Waals surface area (Å²) in [7, 11) is -0.210. The zero-order valence-corrected chi connectivity index (χ0v) is 15.9. The Morgan fingerprint density at radius 1 is 1.15 bits per heavy atom. The lowest BCUT2D eigenvalue weighted by molar-refractivity contribution is -0.151. The molecule has 4 heteroatoms. The third kappa shape index (κ3) is 5.96. The van der Waals surface area contributed by atoms with Crippen LogP contribution in [0, 0.1) is 11.3 Å². The Balaban J connectivity index is 4.27. The second-order valence-electron chi connectivity index (χ2n) is 8.09. The van der Waals surface area contributed by atoms with Gasteiger partial charge in [-0.2, -0.15) is 0 Å². The molecule has 0 radical (unpaired) electrons. The molecule has 1 unspecified atom stereocenters. The maximum atomic E-state index is 11.6. The number of hydrogen-bond donors (Lipinski definition) is 0. The lowest BCUT2D eigenvalue weighted by Crippen LogP contribution is -2.41. The van der Waals surface area contributed by atoms with E-state index in [0.29, 0.717) is 5.92 Å². The molecule has 0 N–H and O–H groups in total. The molecule has 0 aliphatic carbocycles. The van der Waals surface area contributed by atoms with Crippen LogP contribution in [0.25, 0.3) is 0 Å². The first-order valence-corrected chi connectivity index (χ1v) is 10.5. The fourth-order valence-electron chi connectivity index (χ4n) is 1.64. The summed E-state index contributed by atoms with van der Waals surface area (Å²) < 4.78 is 11.1. The van der Waals surface area contributed by atoms with Crippen LogP contribution in [0.4, 0.5) is 0 Å². The van der Waals surface area contributed by atoms with Gasteiger partial charge in [-0.05, 0) is 50.7 Å². The smallest absolute Gasteiger partial charge is 0.311 e. The van der Waals surface area contributed by atoms with Crippen molar-refractivity contribution in [3.05, 3.63) is 0 Å². The Labute approximate surface area is 126 Å². The molecule has 0 heterocycles. The van der Waals surface area contributed by atoms with E-state index in [0.717, 1.165) is 19.4 Å². The van der Waals surface area contributed by atoms with Crippen LogP contribution in [0.5, 0.6) is 0 Å². The molecule has 0 rings (SSSR count). The van der Waals surface area contributed by atoms with Crippen molar-refractivity contribution in [1.29, 1.82) is 0 Å². The molecule has 0 aromatic carbocycles. The highest BCUT2D eigenvalue weighted by Gasteiger charge is 2.37. The Morgan fingerprint density at radius 2 is 1.65 bits per heavy atom. The molecule has 0 bridgehead atoms. The van der Waals surface area contributed by atoms with Gasteiger partial charge in [0, 0.05) is 6.61 Å². The minimum Gasteiger partial charge on any atom is -0.469 e. The lowest BCUT2D eigenvalue weighted by atomic mass is 9.85. The Bertz CT molecular complexity index is 316. The van der Waals surface area contributed by atoms with Crippen molar-refractivity contribution in [3.63, 3.8) is 0 Å². The number of rotatable bonds is 7. The first-order valence-electron chi connectivity index (χ1n) is 7.56. The number of methoxy groups -OCH3 is 1. The molecule has 0 spiro atoms. The van der Waals surface area contributed by atoms with E-state index in [9.17, 15) is 4.79 Å². The Kier molecular flexibility index (Phi) is 6.95. The third-order valence-electron chi connectivity index (χ3n) is 4.53. The second kappa shape index (κ2) is 7.08. The van der Waals surface area contributed by atoms with Crippen LogP contribution in [-0.2, 0) is 14.0 Å². The van der Waals surface area contributed by atoms with Gasteiger partial charge in [0.25, 0.3) is 0 Å². The van der Waals surface area contributed by atoms with Crippen molar-refractivity contribution in [3.8, 4) is 0 Å². The molecule has 0 fully saturated rings. The lowest BCUT2D eigenvalue weighted by Gasteiger charge is -2.37. The van der Waals surface area contributed by atoms with E-state index in [1.807, 2.05) is 13.8 Å². The van der Waals surface area contributed by atoms with E-state index in [4.69, 9.17) is 9.16 Å². The summed E-state index contributed by atoms with van der Waals surface area (Å²) in [6.45, 7) is 18.2. The highest BCUT2D eigenvalue weighted by atomic mass is 28.4. The van der Waals surface area contributed by atoms with Gasteiger partial charge in [-0.1, -0.05) is 27.7 Å². The van der Waals surface area contributed by atoms with Gasteiger partial charge in [-0.25, -0.2) is 0 Å². The van der Waals surface area contributed by atoms with Gasteiger partial charge >= 0.3 is 5.97 Å². The third-order valence-corrected chi connectivity index (χ3v) is 9.04. The van der Waals surface area contributed by atoms with Crippen LogP contribution in [0.1, 0.15) is 54.4 Å². The molecule has 0 aliphatic heterocycles. The highest BCUT2D eigenvalue weighted by Crippen LogP contribution is 2.37. The summed E-state index contributed by atoms with van der Waals surface area (Å²) in [6.07, 6.45) is 1.82. The molecule has 0 aliphatic rings. The summed E-state index contributed by atoms with van der Waals surface area (Å²) in [5.41, 5.74) is -0.403. The van der Waals surface area contributed by atoms with Gasteiger partial charge in [0.1, 0.15) is 0 Å². The summed E-state index contributed by atoms with van der Waals surface area (Å²) >= 11 is 0. The van der Waals surface area contributed by atoms with E-state index in [-0.39, 0.29) is 11.0 Å². The van der Waals surface area contributed by atoms with Crippen LogP contribution in [-0.4, -0.2) is 28.0 Å². The van der Waals surface area contributed by atoms with Gasteiger partial charge < -0.3 is 9.16 Å². The highest BCUT2D eigenvalue weighted by molar-refractivity contribution is 6.74. The number of ether oxygens (including phenoxy) is 1. The zero-order valence-electron chi connectivity index (χ0n) is 14.9. The molecule has 3 nitrogen and oxygen atoms in total. The van der Waals surface area contributed by atoms with Crippen LogP contribution in [0.2, 0.25) is 18.1 Å². The summed E-state index contributed by atoms with van der Waals surface area (Å²) in [6, 6.07) is 0. The van der Waals surface area contributed by atoms with Crippen LogP contribution < -0.4 is 0 Å². The summed E-state index contributed by atoms with van der Waals surface area (Å²) in [4.78, 5) is 11.6. The monoisotopic (exact) mass is 302 g/mol. The Hall–Kier alpha value is -0.353. The van der Waals surface area contributed by atoms with E-state index in [1.165, 1.54) is 7.11 Å². The van der Waals surface area contributed by atoms with Crippen molar-refractivity contribution < 1.29 is 14.0 Å². The summed E-state index contributed by atoms with van der Waals surface area (Å²) in [5.74, 6) is 0.336. The normalized spacial score (nSPS) is 15.1. The number of carbonyl (C=O) groups is 1. The maximum absolute atomic E-state index is 11.6. The van der Waals surface area contributed by atoms with E-state index in [1.54, 1.807) is 0 Å². The van der Waals surface area contributed by atoms with Crippen molar-refractivity contribution in [2.45, 2.75) is 72.5 Å². The van der Waals surface area contributed by atoms with Crippen LogP contribution >= 0.6 is 0 Å². The molecule has 1 atom stereocenters.